The maximum Gasteiger partial charge on any atom is 0.392 e. The molecule has 0 aliphatic heterocycles. The van der Waals surface area contributed by atoms with Crippen LogP contribution < -0.4 is 10.1 Å². The quantitative estimate of drug-likeness (QED) is 0.686. The Morgan fingerprint density at radius 3 is 2.55 bits per heavy atom. The van der Waals surface area contributed by atoms with Crippen molar-refractivity contribution in [1.29, 1.82) is 0 Å². The third-order valence-electron chi connectivity index (χ3n) is 3.96. The van der Waals surface area contributed by atoms with Crippen molar-refractivity contribution in [3.8, 4) is 5.88 Å². The number of ether oxygens (including phenoxy) is 1. The van der Waals surface area contributed by atoms with E-state index in [1.165, 1.54) is 18.5 Å². The van der Waals surface area contributed by atoms with E-state index in [9.17, 15) is 22.8 Å². The first-order valence-corrected chi connectivity index (χ1v) is 9.04. The number of ketones is 1. The fourth-order valence-corrected chi connectivity index (χ4v) is 2.26. The molecular weight excluding hydrogens is 387 g/mol. The average molecular weight is 409 g/mol. The lowest BCUT2D eigenvalue weighted by molar-refractivity contribution is -0.139. The summed E-state index contributed by atoms with van der Waals surface area (Å²) in [4.78, 5) is 32.2. The molecule has 0 aromatic carbocycles. The summed E-state index contributed by atoms with van der Waals surface area (Å²) in [5.41, 5.74) is 1.57. The number of nitrogens with one attached hydrogen (secondary N) is 1. The summed E-state index contributed by atoms with van der Waals surface area (Å²) in [6.45, 7) is 3.28. The summed E-state index contributed by atoms with van der Waals surface area (Å²) in [7, 11) is 0. The molecule has 2 rings (SSSR count). The number of hydrogen-bond donors (Lipinski definition) is 1. The molecular formula is C20H22F3N3O3. The molecule has 0 fully saturated rings. The molecule has 29 heavy (non-hydrogen) atoms. The van der Waals surface area contributed by atoms with E-state index in [0.717, 1.165) is 0 Å². The lowest BCUT2D eigenvalue weighted by Crippen LogP contribution is -2.23. The third kappa shape index (κ3) is 7.89. The number of nitrogens with zero attached hydrogens (tertiary/aromatic N) is 2. The highest BCUT2D eigenvalue weighted by molar-refractivity contribution is 5.94. The van der Waals surface area contributed by atoms with Crippen LogP contribution in [0.15, 0.2) is 36.7 Å². The summed E-state index contributed by atoms with van der Waals surface area (Å²) in [6, 6.07) is 6.18. The van der Waals surface area contributed by atoms with Crippen LogP contribution in [-0.4, -0.2) is 34.4 Å². The molecule has 156 valence electrons. The first-order valence-electron chi connectivity index (χ1n) is 9.04. The number of rotatable bonds is 9. The third-order valence-corrected chi connectivity index (χ3v) is 3.96. The molecule has 0 aliphatic rings. The fourth-order valence-electron chi connectivity index (χ4n) is 2.26. The monoisotopic (exact) mass is 409 g/mol. The van der Waals surface area contributed by atoms with Gasteiger partial charge in [0.05, 0.1) is 13.0 Å². The molecule has 6 nitrogen and oxygen atoms in total. The van der Waals surface area contributed by atoms with Crippen LogP contribution in [0.3, 0.4) is 0 Å². The molecule has 0 spiro atoms. The van der Waals surface area contributed by atoms with Gasteiger partial charge < -0.3 is 10.1 Å². The van der Waals surface area contributed by atoms with E-state index in [1.54, 1.807) is 32.0 Å². The van der Waals surface area contributed by atoms with E-state index in [2.05, 4.69) is 15.3 Å². The van der Waals surface area contributed by atoms with Gasteiger partial charge in [-0.1, -0.05) is 19.9 Å². The number of carbonyl (C=O) groups is 2. The van der Waals surface area contributed by atoms with Gasteiger partial charge in [-0.3, -0.25) is 14.6 Å². The lowest BCUT2D eigenvalue weighted by atomic mass is 10.0. The molecule has 0 saturated carbocycles. The summed E-state index contributed by atoms with van der Waals surface area (Å²) in [5.74, 6) is -0.324. The molecule has 2 aromatic rings. The van der Waals surface area contributed by atoms with Gasteiger partial charge in [0.15, 0.2) is 0 Å². The van der Waals surface area contributed by atoms with E-state index in [0.29, 0.717) is 16.8 Å². The minimum atomic E-state index is -4.28. The van der Waals surface area contributed by atoms with Crippen molar-refractivity contribution in [2.45, 2.75) is 39.4 Å². The number of hydrogen-bond acceptors (Lipinski definition) is 5. The predicted molar refractivity (Wildman–Crippen MR) is 99.4 cm³/mol. The summed E-state index contributed by atoms with van der Waals surface area (Å²) in [5, 5.41) is 2.72. The Kier molecular flexibility index (Phi) is 7.69. The zero-order valence-electron chi connectivity index (χ0n) is 16.1. The Morgan fingerprint density at radius 1 is 1.17 bits per heavy atom. The topological polar surface area (TPSA) is 81.2 Å². The highest BCUT2D eigenvalue weighted by Crippen LogP contribution is 2.19. The zero-order valence-corrected chi connectivity index (χ0v) is 16.1. The smallest absolute Gasteiger partial charge is 0.392 e. The van der Waals surface area contributed by atoms with E-state index < -0.39 is 19.2 Å². The van der Waals surface area contributed by atoms with Crippen LogP contribution in [0, 0.1) is 5.92 Å². The largest absolute Gasteiger partial charge is 0.477 e. The van der Waals surface area contributed by atoms with Crippen molar-refractivity contribution in [3.05, 3.63) is 53.5 Å². The highest BCUT2D eigenvalue weighted by atomic mass is 19.4. The number of halogens is 3. The van der Waals surface area contributed by atoms with Crippen LogP contribution in [0.5, 0.6) is 5.88 Å². The molecule has 0 bridgehead atoms. The molecule has 0 aliphatic carbocycles. The molecule has 1 N–H and O–H groups in total. The van der Waals surface area contributed by atoms with Gasteiger partial charge in [-0.2, -0.15) is 13.2 Å². The molecule has 0 unspecified atom stereocenters. The van der Waals surface area contributed by atoms with Gasteiger partial charge in [0.1, 0.15) is 5.78 Å². The van der Waals surface area contributed by atoms with E-state index in [4.69, 9.17) is 4.74 Å². The van der Waals surface area contributed by atoms with Crippen molar-refractivity contribution >= 4 is 11.7 Å². The molecule has 0 saturated heterocycles. The minimum Gasteiger partial charge on any atom is -0.477 e. The van der Waals surface area contributed by atoms with Crippen molar-refractivity contribution in [2.24, 2.45) is 5.92 Å². The number of alkyl halides is 3. The molecule has 2 heterocycles. The summed E-state index contributed by atoms with van der Waals surface area (Å²) >= 11 is 0. The van der Waals surface area contributed by atoms with Gasteiger partial charge in [0, 0.05) is 48.6 Å². The van der Waals surface area contributed by atoms with E-state index in [-0.39, 0.29) is 36.5 Å². The predicted octanol–water partition coefficient (Wildman–Crippen LogP) is 3.51. The Bertz CT molecular complexity index is 837. The summed E-state index contributed by atoms with van der Waals surface area (Å²) in [6.07, 6.45) is -2.27. The van der Waals surface area contributed by atoms with Crippen LogP contribution in [0.4, 0.5) is 13.2 Å². The second-order valence-electron chi connectivity index (χ2n) is 6.73. The van der Waals surface area contributed by atoms with Gasteiger partial charge in [-0.05, 0) is 17.7 Å². The van der Waals surface area contributed by atoms with Crippen LogP contribution in [0.2, 0.25) is 0 Å². The minimum absolute atomic E-state index is 0.0404. The Labute approximate surface area is 166 Å². The van der Waals surface area contributed by atoms with Crippen molar-refractivity contribution in [1.82, 2.24) is 15.3 Å². The number of Topliss-reactive ketones (excluding diaryl/α,β-unsaturated/α-hetero) is 1. The lowest BCUT2D eigenvalue weighted by Gasteiger charge is -2.09. The van der Waals surface area contributed by atoms with Crippen LogP contribution in [-0.2, 0) is 17.8 Å². The normalized spacial score (nSPS) is 11.4. The second-order valence-corrected chi connectivity index (χ2v) is 6.73. The molecule has 2 aromatic heterocycles. The summed E-state index contributed by atoms with van der Waals surface area (Å²) < 4.78 is 41.2. The second kappa shape index (κ2) is 9.99. The Balaban J connectivity index is 1.86. The molecule has 9 heteroatoms. The van der Waals surface area contributed by atoms with Gasteiger partial charge in [-0.15, -0.1) is 0 Å². The van der Waals surface area contributed by atoms with Crippen molar-refractivity contribution in [2.75, 3.05) is 6.61 Å². The van der Waals surface area contributed by atoms with Crippen molar-refractivity contribution in [3.63, 3.8) is 0 Å². The first kappa shape index (κ1) is 22.3. The Morgan fingerprint density at radius 2 is 1.93 bits per heavy atom. The van der Waals surface area contributed by atoms with Gasteiger partial charge in [-0.25, -0.2) is 4.98 Å². The fraction of sp³-hybridized carbons (Fsp3) is 0.400. The van der Waals surface area contributed by atoms with E-state index in [1.807, 2.05) is 0 Å². The number of pyridine rings is 2. The molecule has 1 amide bonds. The van der Waals surface area contributed by atoms with Crippen LogP contribution in [0.25, 0.3) is 0 Å². The molecule has 0 radical (unpaired) electrons. The zero-order chi connectivity index (χ0) is 21.4. The average Bonchev–Trinajstić information content (AvgIpc) is 2.66. The van der Waals surface area contributed by atoms with Gasteiger partial charge in [0.2, 0.25) is 5.88 Å². The highest BCUT2D eigenvalue weighted by Gasteiger charge is 2.26. The van der Waals surface area contributed by atoms with E-state index >= 15 is 0 Å². The Hall–Kier alpha value is -2.97. The maximum atomic E-state index is 12.3. The van der Waals surface area contributed by atoms with Crippen LogP contribution in [0.1, 0.15) is 41.9 Å². The number of amides is 1. The first-order chi connectivity index (χ1) is 13.6. The van der Waals surface area contributed by atoms with Gasteiger partial charge >= 0.3 is 6.18 Å². The standard InChI is InChI=1S/C20H22F3N3O3/c1-13(2)17(27)10-16-9-15(5-7-24-16)19(28)26-12-14-3-4-18(25-11-14)29-8-6-20(21,22)23/h3-5,7,9,11,13H,6,8,10,12H2,1-2H3,(H,26,28). The SMILES string of the molecule is CC(C)C(=O)Cc1cc(C(=O)NCc2ccc(OCCC(F)(F)F)nc2)ccn1. The number of aromatic nitrogens is 2. The molecule has 0 atom stereocenters. The van der Waals surface area contributed by atoms with Crippen LogP contribution >= 0.6 is 0 Å². The van der Waals surface area contributed by atoms with Crippen molar-refractivity contribution < 1.29 is 27.5 Å². The maximum absolute atomic E-state index is 12.3. The van der Waals surface area contributed by atoms with Gasteiger partial charge in [0.25, 0.3) is 5.91 Å². The number of carbonyl (C=O) groups excluding carboxylic acids is 2.